The number of hydrogen-bond acceptors (Lipinski definition) is 10. The summed E-state index contributed by atoms with van der Waals surface area (Å²) in [6.45, 7) is 3.53. The number of aromatic nitrogens is 4. The fraction of sp³-hybridized carbons (Fsp3) is 0.0455. The van der Waals surface area contributed by atoms with E-state index in [-0.39, 0.29) is 39.7 Å². The number of carboxylic acid groups (broad SMARTS) is 2. The van der Waals surface area contributed by atoms with E-state index in [4.69, 9.17) is 0 Å². The van der Waals surface area contributed by atoms with Crippen molar-refractivity contribution < 1.29 is 46.8 Å². The van der Waals surface area contributed by atoms with Crippen molar-refractivity contribution >= 4 is 58.4 Å². The van der Waals surface area contributed by atoms with E-state index in [0.717, 1.165) is 32.3 Å². The van der Waals surface area contributed by atoms with E-state index in [1.165, 1.54) is 21.8 Å². The predicted octanol–water partition coefficient (Wildman–Crippen LogP) is 10.1. The molecule has 59 heavy (non-hydrogen) atoms. The molecule has 297 valence electrons. The normalized spacial score (nSPS) is 11.0. The number of hydrogen-bond donors (Lipinski definition) is 4. The Labute approximate surface area is 356 Å². The van der Waals surface area contributed by atoms with Crippen LogP contribution >= 0.6 is 22.7 Å². The average Bonchev–Trinajstić information content (AvgIpc) is 4.06. The second kappa shape index (κ2) is 18.6. The summed E-state index contributed by atoms with van der Waals surface area (Å²) >= 11 is 3.13. The molecule has 8 aromatic rings. The summed E-state index contributed by atoms with van der Waals surface area (Å²) in [5.41, 5.74) is 6.07. The third-order valence-electron chi connectivity index (χ3n) is 8.90. The molecular formula is C44H34CoN6O6S2. The maximum Gasteiger partial charge on any atom is 0.337 e. The minimum atomic E-state index is -1.06. The van der Waals surface area contributed by atoms with Gasteiger partial charge in [0.2, 0.25) is 11.8 Å². The molecule has 0 atom stereocenters. The van der Waals surface area contributed by atoms with Gasteiger partial charge in [0.25, 0.3) is 0 Å². The van der Waals surface area contributed by atoms with Gasteiger partial charge in [-0.25, -0.2) is 19.0 Å². The average molecular weight is 866 g/mol. The minimum Gasteiger partial charge on any atom is -0.493 e. The number of thiophene rings is 2. The maximum absolute atomic E-state index is 11.6. The van der Waals surface area contributed by atoms with Crippen LogP contribution < -0.4 is 0 Å². The van der Waals surface area contributed by atoms with Crippen LogP contribution in [0.1, 0.15) is 43.2 Å². The van der Waals surface area contributed by atoms with E-state index in [9.17, 15) is 30.0 Å². The molecule has 12 nitrogen and oxygen atoms in total. The molecular weight excluding hydrogens is 832 g/mol. The summed E-state index contributed by atoms with van der Waals surface area (Å²) in [5.74, 6) is -2.22. The van der Waals surface area contributed by atoms with Crippen molar-refractivity contribution in [3.8, 4) is 44.0 Å². The Hall–Kier alpha value is -6.91. The Kier molecular flexibility index (Phi) is 13.1. The van der Waals surface area contributed by atoms with Crippen LogP contribution in [0.15, 0.2) is 142 Å². The van der Waals surface area contributed by atoms with Crippen LogP contribution in [0, 0.1) is 13.8 Å². The Balaban J connectivity index is 0.000000195. The summed E-state index contributed by atoms with van der Waals surface area (Å²) in [5, 5.41) is 52.9. The topological polar surface area (TPSA) is 175 Å². The Morgan fingerprint density at radius 2 is 0.966 bits per heavy atom. The second-order valence-electron chi connectivity index (χ2n) is 12.7. The molecule has 4 heterocycles. The number of aliphatic imine (C=N–C) groups is 2. The summed E-state index contributed by atoms with van der Waals surface area (Å²) in [7, 11) is 0. The van der Waals surface area contributed by atoms with Crippen molar-refractivity contribution in [2.75, 3.05) is 0 Å². The van der Waals surface area contributed by atoms with E-state index in [0.29, 0.717) is 33.9 Å². The van der Waals surface area contributed by atoms with Gasteiger partial charge in [-0.15, -0.1) is 22.7 Å². The number of rotatable bonds is 10. The monoisotopic (exact) mass is 865 g/mol. The van der Waals surface area contributed by atoms with Gasteiger partial charge in [0.1, 0.15) is 0 Å². The third-order valence-corrected chi connectivity index (χ3v) is 10.7. The molecule has 0 fully saturated rings. The maximum atomic E-state index is 11.6. The van der Waals surface area contributed by atoms with E-state index < -0.39 is 11.9 Å². The van der Waals surface area contributed by atoms with Crippen LogP contribution in [-0.2, 0) is 16.8 Å². The van der Waals surface area contributed by atoms with Gasteiger partial charge in [-0.1, -0.05) is 60.7 Å². The first-order valence-corrected chi connectivity index (χ1v) is 19.4. The largest absolute Gasteiger partial charge is 0.493 e. The van der Waals surface area contributed by atoms with E-state index in [1.807, 2.05) is 95.7 Å². The van der Waals surface area contributed by atoms with Gasteiger partial charge in [0, 0.05) is 39.0 Å². The smallest absolute Gasteiger partial charge is 0.337 e. The van der Waals surface area contributed by atoms with Crippen LogP contribution in [0.3, 0.4) is 0 Å². The second-order valence-corrected chi connectivity index (χ2v) is 14.6. The van der Waals surface area contributed by atoms with Crippen LogP contribution in [0.5, 0.6) is 11.8 Å². The fourth-order valence-corrected chi connectivity index (χ4v) is 7.40. The molecule has 0 aliphatic carbocycles. The van der Waals surface area contributed by atoms with Gasteiger partial charge in [-0.05, 0) is 96.4 Å². The quantitative estimate of drug-likeness (QED) is 0.0983. The summed E-state index contributed by atoms with van der Waals surface area (Å²) in [4.78, 5) is 34.0. The number of aromatic hydroxyl groups is 2. The molecule has 0 aliphatic rings. The molecule has 8 rings (SSSR count). The standard InChI is InChI=1S/2C22H17N3O3S.Co/c2*1-14-18(21(26)25(24-14)16-6-3-2-4-7-16)13-23-19-12-15(20-8-5-11-29-20)9-10-17(19)22(27)28;/h2*2-13,26H,1H3,(H,27,28);. The first kappa shape index (κ1) is 41.7. The predicted molar refractivity (Wildman–Crippen MR) is 228 cm³/mol. The molecule has 4 N–H and O–H groups in total. The van der Waals surface area contributed by atoms with Crippen LogP contribution in [0.4, 0.5) is 11.4 Å². The molecule has 0 saturated heterocycles. The third kappa shape index (κ3) is 9.29. The molecule has 0 saturated carbocycles. The van der Waals surface area contributed by atoms with Crippen LogP contribution in [-0.4, -0.2) is 64.4 Å². The number of para-hydroxylation sites is 2. The van der Waals surface area contributed by atoms with E-state index >= 15 is 0 Å². The van der Waals surface area contributed by atoms with Crippen molar-refractivity contribution in [1.29, 1.82) is 0 Å². The van der Waals surface area contributed by atoms with Crippen molar-refractivity contribution in [3.05, 3.63) is 166 Å². The SMILES string of the molecule is Cc1nn(-c2ccccc2)c(O)c1C=Nc1cc(-c2cccs2)ccc1C(=O)O.Cc1nn(-c2ccccc2)c(O)c1C=Nc1cc(-c2cccs2)ccc1C(=O)O.[Co]. The number of carbonyl (C=O) groups is 2. The Bertz CT molecular complexity index is 2590. The number of aryl methyl sites for hydroxylation is 2. The van der Waals surface area contributed by atoms with Crippen molar-refractivity contribution in [2.45, 2.75) is 13.8 Å². The molecule has 15 heteroatoms. The zero-order chi connectivity index (χ0) is 40.8. The summed E-state index contributed by atoms with van der Waals surface area (Å²) in [6, 6.07) is 36.4. The van der Waals surface area contributed by atoms with Gasteiger partial charge < -0.3 is 20.4 Å². The first-order chi connectivity index (χ1) is 28.1. The van der Waals surface area contributed by atoms with Gasteiger partial charge in [-0.3, -0.25) is 9.98 Å². The van der Waals surface area contributed by atoms with Crippen LogP contribution in [0.2, 0.25) is 0 Å². The van der Waals surface area contributed by atoms with Crippen molar-refractivity contribution in [1.82, 2.24) is 19.6 Å². The van der Waals surface area contributed by atoms with Gasteiger partial charge >= 0.3 is 11.9 Å². The Morgan fingerprint density at radius 3 is 1.31 bits per heavy atom. The molecule has 4 aromatic heterocycles. The molecule has 0 aliphatic heterocycles. The molecule has 0 amide bonds. The zero-order valence-corrected chi connectivity index (χ0v) is 34.0. The zero-order valence-electron chi connectivity index (χ0n) is 31.3. The molecule has 1 radical (unpaired) electrons. The summed E-state index contributed by atoms with van der Waals surface area (Å²) in [6.07, 6.45) is 2.91. The molecule has 4 aromatic carbocycles. The molecule has 0 unspecified atom stereocenters. The summed E-state index contributed by atoms with van der Waals surface area (Å²) < 4.78 is 2.85. The van der Waals surface area contributed by atoms with Gasteiger partial charge in [0.05, 0.1) is 56.4 Å². The molecule has 0 spiro atoms. The van der Waals surface area contributed by atoms with E-state index in [1.54, 1.807) is 72.9 Å². The van der Waals surface area contributed by atoms with E-state index in [2.05, 4.69) is 20.2 Å². The number of nitrogens with zero attached hydrogens (tertiary/aromatic N) is 6. The van der Waals surface area contributed by atoms with Gasteiger partial charge in [-0.2, -0.15) is 10.2 Å². The fourth-order valence-electron chi connectivity index (χ4n) is 5.95. The van der Waals surface area contributed by atoms with Crippen LogP contribution in [0.25, 0.3) is 32.3 Å². The molecule has 0 bridgehead atoms. The number of aromatic carboxylic acids is 2. The van der Waals surface area contributed by atoms with Crippen molar-refractivity contribution in [2.24, 2.45) is 9.98 Å². The minimum absolute atomic E-state index is 0. The first-order valence-electron chi connectivity index (χ1n) is 17.7. The number of carboxylic acids is 2. The van der Waals surface area contributed by atoms with Gasteiger partial charge in [0.15, 0.2) is 0 Å². The Morgan fingerprint density at radius 1 is 0.576 bits per heavy atom. The number of benzene rings is 4. The van der Waals surface area contributed by atoms with Crippen molar-refractivity contribution in [3.63, 3.8) is 0 Å².